The molecule has 0 spiro atoms. The molecule has 1 amide bonds. The van der Waals surface area contributed by atoms with Crippen LogP contribution in [0.1, 0.15) is 17.5 Å². The van der Waals surface area contributed by atoms with E-state index in [4.69, 9.17) is 5.73 Å². The monoisotopic (exact) mass is 362 g/mol. The highest BCUT2D eigenvalue weighted by atomic mass is 19.1. The molecule has 3 aromatic rings. The summed E-state index contributed by atoms with van der Waals surface area (Å²) in [5.41, 5.74) is 9.85. The van der Waals surface area contributed by atoms with Crippen LogP contribution < -0.4 is 11.1 Å². The van der Waals surface area contributed by atoms with Gasteiger partial charge >= 0.3 is 0 Å². The number of carbonyl (C=O) groups is 1. The summed E-state index contributed by atoms with van der Waals surface area (Å²) in [6.07, 6.45) is 0.502. The number of nitrogens with two attached hydrogens (primary N) is 1. The molecule has 3 aromatic carbocycles. The fourth-order valence-corrected chi connectivity index (χ4v) is 2.98. The van der Waals surface area contributed by atoms with Gasteiger partial charge in [-0.05, 0) is 34.7 Å². The quantitative estimate of drug-likeness (QED) is 0.666. The maximum atomic E-state index is 13.7. The van der Waals surface area contributed by atoms with Gasteiger partial charge in [-0.25, -0.2) is 4.39 Å². The van der Waals surface area contributed by atoms with Crippen molar-refractivity contribution in [2.75, 3.05) is 0 Å². The van der Waals surface area contributed by atoms with Gasteiger partial charge in [0, 0.05) is 19.0 Å². The van der Waals surface area contributed by atoms with Crippen LogP contribution in [0.25, 0.3) is 11.1 Å². The van der Waals surface area contributed by atoms with Crippen molar-refractivity contribution in [1.29, 1.82) is 0 Å². The van der Waals surface area contributed by atoms with Crippen LogP contribution in [0.5, 0.6) is 0 Å². The van der Waals surface area contributed by atoms with Crippen LogP contribution in [0.15, 0.2) is 78.9 Å². The zero-order chi connectivity index (χ0) is 19.1. The van der Waals surface area contributed by atoms with E-state index in [-0.39, 0.29) is 18.1 Å². The van der Waals surface area contributed by atoms with Gasteiger partial charge in [0.25, 0.3) is 0 Å². The summed E-state index contributed by atoms with van der Waals surface area (Å²) in [7, 11) is 0. The molecule has 1 atom stereocenters. The molecule has 0 unspecified atom stereocenters. The fourth-order valence-electron chi connectivity index (χ4n) is 2.98. The molecule has 0 aliphatic carbocycles. The number of amides is 1. The Hall–Kier alpha value is -2.98. The second kappa shape index (κ2) is 9.10. The molecule has 27 heavy (non-hydrogen) atoms. The first kappa shape index (κ1) is 18.8. The first-order valence-corrected chi connectivity index (χ1v) is 9.02. The summed E-state index contributed by atoms with van der Waals surface area (Å²) < 4.78 is 13.7. The van der Waals surface area contributed by atoms with Gasteiger partial charge in [-0.1, -0.05) is 72.8 Å². The van der Waals surface area contributed by atoms with Crippen molar-refractivity contribution in [1.82, 2.24) is 5.32 Å². The molecular weight excluding hydrogens is 339 g/mol. The zero-order valence-corrected chi connectivity index (χ0v) is 15.1. The molecule has 3 nitrogen and oxygen atoms in total. The minimum Gasteiger partial charge on any atom is -0.352 e. The SMILES string of the molecule is N[C@@H](CC(=O)NCc1ccc(-c2ccccc2)cc1)Cc1ccccc1F. The number of nitrogens with one attached hydrogen (secondary N) is 1. The van der Waals surface area contributed by atoms with Crippen LogP contribution in [0.4, 0.5) is 4.39 Å². The second-order valence-corrected chi connectivity index (χ2v) is 6.60. The Bertz CT molecular complexity index is 878. The van der Waals surface area contributed by atoms with Crippen LogP contribution in [-0.2, 0) is 17.8 Å². The van der Waals surface area contributed by atoms with Crippen molar-refractivity contribution in [3.8, 4) is 11.1 Å². The molecule has 0 fully saturated rings. The molecule has 4 heteroatoms. The van der Waals surface area contributed by atoms with Crippen LogP contribution in [0.2, 0.25) is 0 Å². The lowest BCUT2D eigenvalue weighted by atomic mass is 10.0. The Morgan fingerprint density at radius 3 is 2.22 bits per heavy atom. The van der Waals surface area contributed by atoms with Gasteiger partial charge in [0.2, 0.25) is 5.91 Å². The van der Waals surface area contributed by atoms with Gasteiger partial charge in [-0.15, -0.1) is 0 Å². The standard InChI is InChI=1S/C23H23FN2O/c24-22-9-5-4-8-20(22)14-21(25)15-23(27)26-16-17-10-12-19(13-11-17)18-6-2-1-3-7-18/h1-13,21H,14-16,25H2,(H,26,27)/t21-/m1/s1. The van der Waals surface area contributed by atoms with Crippen LogP contribution in [0, 0.1) is 5.82 Å². The van der Waals surface area contributed by atoms with Crippen molar-refractivity contribution < 1.29 is 9.18 Å². The Balaban J connectivity index is 1.48. The lowest BCUT2D eigenvalue weighted by molar-refractivity contribution is -0.121. The topological polar surface area (TPSA) is 55.1 Å². The van der Waals surface area contributed by atoms with E-state index in [1.165, 1.54) is 6.07 Å². The maximum Gasteiger partial charge on any atom is 0.221 e. The van der Waals surface area contributed by atoms with E-state index in [2.05, 4.69) is 17.4 Å². The van der Waals surface area contributed by atoms with E-state index in [0.29, 0.717) is 18.5 Å². The first-order chi connectivity index (χ1) is 13.1. The molecule has 0 aliphatic heterocycles. The van der Waals surface area contributed by atoms with Crippen molar-refractivity contribution in [2.24, 2.45) is 5.73 Å². The highest BCUT2D eigenvalue weighted by molar-refractivity contribution is 5.76. The highest BCUT2D eigenvalue weighted by Gasteiger charge is 2.12. The number of benzene rings is 3. The van der Waals surface area contributed by atoms with Gasteiger partial charge < -0.3 is 11.1 Å². The first-order valence-electron chi connectivity index (χ1n) is 9.02. The van der Waals surface area contributed by atoms with Gasteiger partial charge in [0.1, 0.15) is 5.82 Å². The van der Waals surface area contributed by atoms with E-state index in [0.717, 1.165) is 16.7 Å². The largest absolute Gasteiger partial charge is 0.352 e. The average molecular weight is 362 g/mol. The molecule has 138 valence electrons. The lowest BCUT2D eigenvalue weighted by Gasteiger charge is -2.13. The van der Waals surface area contributed by atoms with Crippen molar-refractivity contribution in [3.05, 3.63) is 95.8 Å². The van der Waals surface area contributed by atoms with E-state index < -0.39 is 6.04 Å². The fraction of sp³-hybridized carbons (Fsp3) is 0.174. The Morgan fingerprint density at radius 1 is 0.889 bits per heavy atom. The number of rotatable bonds is 7. The molecule has 0 aromatic heterocycles. The number of hydrogen-bond acceptors (Lipinski definition) is 2. The number of halogens is 1. The Labute approximate surface area is 159 Å². The average Bonchev–Trinajstić information content (AvgIpc) is 2.69. The molecule has 0 bridgehead atoms. The third-order valence-corrected chi connectivity index (χ3v) is 4.44. The van der Waals surface area contributed by atoms with Crippen LogP contribution >= 0.6 is 0 Å². The molecule has 0 saturated carbocycles. The molecule has 0 saturated heterocycles. The predicted molar refractivity (Wildman–Crippen MR) is 106 cm³/mol. The van der Waals surface area contributed by atoms with Gasteiger partial charge in [-0.2, -0.15) is 0 Å². The van der Waals surface area contributed by atoms with Gasteiger partial charge in [0.15, 0.2) is 0 Å². The highest BCUT2D eigenvalue weighted by Crippen LogP contribution is 2.19. The van der Waals surface area contributed by atoms with Gasteiger partial charge in [0.05, 0.1) is 0 Å². The van der Waals surface area contributed by atoms with Crippen molar-refractivity contribution >= 4 is 5.91 Å². The van der Waals surface area contributed by atoms with Crippen LogP contribution in [-0.4, -0.2) is 11.9 Å². The lowest BCUT2D eigenvalue weighted by Crippen LogP contribution is -2.33. The molecule has 3 N–H and O–H groups in total. The van der Waals surface area contributed by atoms with E-state index in [1.54, 1.807) is 18.2 Å². The Morgan fingerprint density at radius 2 is 1.52 bits per heavy atom. The second-order valence-electron chi connectivity index (χ2n) is 6.60. The normalized spacial score (nSPS) is 11.8. The molecule has 3 rings (SSSR count). The number of hydrogen-bond donors (Lipinski definition) is 2. The third-order valence-electron chi connectivity index (χ3n) is 4.44. The summed E-state index contributed by atoms with van der Waals surface area (Å²) in [4.78, 5) is 12.1. The third kappa shape index (κ3) is 5.50. The summed E-state index contributed by atoms with van der Waals surface area (Å²) in [5.74, 6) is -0.419. The van der Waals surface area contributed by atoms with Crippen molar-refractivity contribution in [2.45, 2.75) is 25.4 Å². The summed E-state index contributed by atoms with van der Waals surface area (Å²) in [6.45, 7) is 0.445. The summed E-state index contributed by atoms with van der Waals surface area (Å²) >= 11 is 0. The predicted octanol–water partition coefficient (Wildman–Crippen LogP) is 4.07. The molecule has 0 aliphatic rings. The molecular formula is C23H23FN2O. The Kier molecular flexibility index (Phi) is 6.34. The molecule has 0 heterocycles. The summed E-state index contributed by atoms with van der Waals surface area (Å²) in [6, 6.07) is 24.3. The van der Waals surface area contributed by atoms with Crippen LogP contribution in [0.3, 0.4) is 0 Å². The maximum absolute atomic E-state index is 13.7. The zero-order valence-electron chi connectivity index (χ0n) is 15.1. The van der Waals surface area contributed by atoms with E-state index >= 15 is 0 Å². The number of carbonyl (C=O) groups excluding carboxylic acids is 1. The van der Waals surface area contributed by atoms with Gasteiger partial charge in [-0.3, -0.25) is 4.79 Å². The molecule has 0 radical (unpaired) electrons. The summed E-state index contributed by atoms with van der Waals surface area (Å²) in [5, 5.41) is 2.88. The van der Waals surface area contributed by atoms with E-state index in [9.17, 15) is 9.18 Å². The van der Waals surface area contributed by atoms with Crippen molar-refractivity contribution in [3.63, 3.8) is 0 Å². The minimum absolute atomic E-state index is 0.133. The van der Waals surface area contributed by atoms with E-state index in [1.807, 2.05) is 42.5 Å². The smallest absolute Gasteiger partial charge is 0.221 e. The minimum atomic E-state index is -0.414.